The van der Waals surface area contributed by atoms with E-state index >= 15 is 0 Å². The van der Waals surface area contributed by atoms with Crippen molar-refractivity contribution < 1.29 is 9.59 Å². The van der Waals surface area contributed by atoms with Gasteiger partial charge in [-0.15, -0.1) is 0 Å². The van der Waals surface area contributed by atoms with Crippen LogP contribution in [0, 0.1) is 0 Å². The van der Waals surface area contributed by atoms with Crippen LogP contribution in [0.2, 0.25) is 0 Å². The average molecular weight is 146 g/mol. The molecule has 1 aliphatic heterocycles. The fraction of sp³-hybridized carbons (Fsp3) is 0.500. The summed E-state index contributed by atoms with van der Waals surface area (Å²) in [6, 6.07) is 0. The molecule has 0 spiro atoms. The number of nitrogens with zero attached hydrogens (tertiary/aromatic N) is 1. The molecule has 1 saturated heterocycles. The summed E-state index contributed by atoms with van der Waals surface area (Å²) >= 11 is 3.74. The Morgan fingerprint density at radius 3 is 2.67 bits per heavy atom. The van der Waals surface area contributed by atoms with E-state index in [0.29, 0.717) is 13.1 Å². The molecule has 50 valence electrons. The van der Waals surface area contributed by atoms with Gasteiger partial charge in [0.1, 0.15) is 0 Å². The number of nitrogens with one attached hydrogen (secondary N) is 1. The van der Waals surface area contributed by atoms with E-state index in [2.05, 4.69) is 18.1 Å². The van der Waals surface area contributed by atoms with E-state index < -0.39 is 11.8 Å². The summed E-state index contributed by atoms with van der Waals surface area (Å²) in [7, 11) is 0. The molecule has 0 bridgehead atoms. The lowest BCUT2D eigenvalue weighted by Crippen LogP contribution is -2.48. The Labute approximate surface area is 57.8 Å². The van der Waals surface area contributed by atoms with E-state index in [0.717, 1.165) is 4.31 Å². The molecule has 1 aliphatic rings. The number of hydrogen-bond acceptors (Lipinski definition) is 3. The zero-order valence-electron chi connectivity index (χ0n) is 4.63. The number of carbonyl (C=O) groups excluding carboxylic acids is 2. The van der Waals surface area contributed by atoms with Crippen molar-refractivity contribution in [1.82, 2.24) is 9.62 Å². The molecule has 1 N–H and O–H groups in total. The SMILES string of the molecule is O=C1NCCN(S)C1=O. The standard InChI is InChI=1S/C4H6N2O2S/c7-3-4(8)6(9)2-1-5-3/h9H,1-2H2,(H,5,7). The van der Waals surface area contributed by atoms with Gasteiger partial charge in [-0.1, -0.05) is 12.8 Å². The van der Waals surface area contributed by atoms with Crippen LogP contribution in [0.3, 0.4) is 0 Å². The number of thiol groups is 1. The second-order valence-electron chi connectivity index (χ2n) is 1.68. The van der Waals surface area contributed by atoms with Crippen molar-refractivity contribution >= 4 is 24.6 Å². The quantitative estimate of drug-likeness (QED) is 0.333. The normalized spacial score (nSPS) is 19.9. The number of piperazine rings is 1. The fourth-order valence-electron chi connectivity index (χ4n) is 0.570. The Kier molecular flexibility index (Phi) is 1.61. The molecule has 4 nitrogen and oxygen atoms in total. The molecular formula is C4H6N2O2S. The first kappa shape index (κ1) is 6.41. The number of carbonyl (C=O) groups is 2. The Morgan fingerprint density at radius 2 is 2.22 bits per heavy atom. The lowest BCUT2D eigenvalue weighted by molar-refractivity contribution is -0.144. The van der Waals surface area contributed by atoms with Gasteiger partial charge < -0.3 is 5.32 Å². The molecule has 0 unspecified atom stereocenters. The smallest absolute Gasteiger partial charge is 0.321 e. The predicted octanol–water partition coefficient (Wildman–Crippen LogP) is -1.21. The number of rotatable bonds is 0. The largest absolute Gasteiger partial charge is 0.346 e. The minimum atomic E-state index is -0.579. The molecular weight excluding hydrogens is 140 g/mol. The summed E-state index contributed by atoms with van der Waals surface area (Å²) in [6.07, 6.45) is 0. The van der Waals surface area contributed by atoms with Crippen LogP contribution in [0.4, 0.5) is 0 Å². The highest BCUT2D eigenvalue weighted by molar-refractivity contribution is 7.78. The van der Waals surface area contributed by atoms with Crippen LogP contribution in [-0.4, -0.2) is 29.2 Å². The van der Waals surface area contributed by atoms with E-state index in [9.17, 15) is 9.59 Å². The second kappa shape index (κ2) is 2.26. The lowest BCUT2D eigenvalue weighted by atomic mass is 10.4. The summed E-state index contributed by atoms with van der Waals surface area (Å²) in [5.41, 5.74) is 0. The third-order valence-corrected chi connectivity index (χ3v) is 1.42. The lowest BCUT2D eigenvalue weighted by Gasteiger charge is -2.19. The molecule has 1 rings (SSSR count). The van der Waals surface area contributed by atoms with Gasteiger partial charge in [-0.25, -0.2) is 0 Å². The van der Waals surface area contributed by atoms with Crippen molar-refractivity contribution in [3.8, 4) is 0 Å². The highest BCUT2D eigenvalue weighted by atomic mass is 32.1. The zero-order valence-corrected chi connectivity index (χ0v) is 5.52. The molecule has 0 aromatic heterocycles. The molecule has 5 heteroatoms. The van der Waals surface area contributed by atoms with Gasteiger partial charge in [0.2, 0.25) is 0 Å². The van der Waals surface area contributed by atoms with Crippen LogP contribution in [0.5, 0.6) is 0 Å². The molecule has 1 fully saturated rings. The third-order valence-electron chi connectivity index (χ3n) is 1.04. The fourth-order valence-corrected chi connectivity index (χ4v) is 0.761. The summed E-state index contributed by atoms with van der Waals surface area (Å²) in [5.74, 6) is -1.15. The van der Waals surface area contributed by atoms with Crippen molar-refractivity contribution in [2.24, 2.45) is 0 Å². The van der Waals surface area contributed by atoms with Crippen molar-refractivity contribution in [3.63, 3.8) is 0 Å². The van der Waals surface area contributed by atoms with Gasteiger partial charge >= 0.3 is 11.8 Å². The zero-order chi connectivity index (χ0) is 6.85. The first-order valence-electron chi connectivity index (χ1n) is 2.50. The van der Waals surface area contributed by atoms with Crippen LogP contribution >= 0.6 is 12.8 Å². The van der Waals surface area contributed by atoms with Crippen LogP contribution in [0.15, 0.2) is 0 Å². The van der Waals surface area contributed by atoms with Crippen molar-refractivity contribution in [2.45, 2.75) is 0 Å². The van der Waals surface area contributed by atoms with Gasteiger partial charge in [-0.2, -0.15) is 0 Å². The first-order valence-corrected chi connectivity index (χ1v) is 2.90. The Morgan fingerprint density at radius 1 is 1.56 bits per heavy atom. The van der Waals surface area contributed by atoms with Gasteiger partial charge in [0.05, 0.1) is 6.54 Å². The monoisotopic (exact) mass is 146 g/mol. The average Bonchev–Trinajstić information content (AvgIpc) is 1.83. The maximum absolute atomic E-state index is 10.6. The van der Waals surface area contributed by atoms with E-state index in [1.54, 1.807) is 0 Å². The molecule has 9 heavy (non-hydrogen) atoms. The van der Waals surface area contributed by atoms with Crippen LogP contribution in [-0.2, 0) is 9.59 Å². The summed E-state index contributed by atoms with van der Waals surface area (Å²) in [6.45, 7) is 0.974. The van der Waals surface area contributed by atoms with E-state index in [1.807, 2.05) is 0 Å². The summed E-state index contributed by atoms with van der Waals surface area (Å²) in [5, 5.41) is 2.38. The molecule has 0 atom stereocenters. The van der Waals surface area contributed by atoms with Gasteiger partial charge in [-0.3, -0.25) is 13.9 Å². The predicted molar refractivity (Wildman–Crippen MR) is 33.7 cm³/mol. The van der Waals surface area contributed by atoms with E-state index in [4.69, 9.17) is 0 Å². The van der Waals surface area contributed by atoms with E-state index in [1.165, 1.54) is 0 Å². The van der Waals surface area contributed by atoms with Crippen molar-refractivity contribution in [1.29, 1.82) is 0 Å². The minimum Gasteiger partial charge on any atom is -0.346 e. The Balaban J connectivity index is 2.62. The van der Waals surface area contributed by atoms with E-state index in [-0.39, 0.29) is 0 Å². The van der Waals surface area contributed by atoms with Crippen LogP contribution < -0.4 is 5.32 Å². The van der Waals surface area contributed by atoms with Crippen LogP contribution in [0.1, 0.15) is 0 Å². The Bertz CT molecular complexity index is 159. The minimum absolute atomic E-state index is 0.480. The molecule has 1 heterocycles. The summed E-state index contributed by atoms with van der Waals surface area (Å²) < 4.78 is 1.10. The molecule has 0 saturated carbocycles. The number of hydrogen-bond donors (Lipinski definition) is 2. The van der Waals surface area contributed by atoms with Gasteiger partial charge in [0, 0.05) is 6.54 Å². The topological polar surface area (TPSA) is 49.4 Å². The first-order chi connectivity index (χ1) is 4.22. The maximum atomic E-state index is 10.6. The van der Waals surface area contributed by atoms with Crippen molar-refractivity contribution in [3.05, 3.63) is 0 Å². The molecule has 0 aromatic carbocycles. The van der Waals surface area contributed by atoms with Gasteiger partial charge in [0.25, 0.3) is 0 Å². The van der Waals surface area contributed by atoms with Crippen molar-refractivity contribution in [2.75, 3.05) is 13.1 Å². The molecule has 2 amide bonds. The number of amides is 2. The summed E-state index contributed by atoms with van der Waals surface area (Å²) in [4.78, 5) is 21.0. The molecule has 0 aromatic rings. The van der Waals surface area contributed by atoms with Crippen LogP contribution in [0.25, 0.3) is 0 Å². The van der Waals surface area contributed by atoms with Gasteiger partial charge in [-0.05, 0) is 0 Å². The Hall–Kier alpha value is -0.710. The highest BCUT2D eigenvalue weighted by Gasteiger charge is 2.22. The third kappa shape index (κ3) is 1.16. The van der Waals surface area contributed by atoms with Gasteiger partial charge in [0.15, 0.2) is 0 Å². The maximum Gasteiger partial charge on any atom is 0.321 e. The molecule has 0 aliphatic carbocycles. The second-order valence-corrected chi connectivity index (χ2v) is 2.17. The molecule has 0 radical (unpaired) electrons. The highest BCUT2D eigenvalue weighted by Crippen LogP contribution is 1.96.